The van der Waals surface area contributed by atoms with Crippen LogP contribution in [0.4, 0.5) is 17.3 Å². The lowest BCUT2D eigenvalue weighted by Crippen LogP contribution is -2.31. The Bertz CT molecular complexity index is 691. The third kappa shape index (κ3) is 4.48. The second-order valence-corrected chi connectivity index (χ2v) is 5.76. The highest BCUT2D eigenvalue weighted by molar-refractivity contribution is 6.30. The van der Waals surface area contributed by atoms with Gasteiger partial charge in [0.25, 0.3) is 5.91 Å². The van der Waals surface area contributed by atoms with Gasteiger partial charge >= 0.3 is 0 Å². The van der Waals surface area contributed by atoms with Crippen LogP contribution >= 0.6 is 11.6 Å². The Labute approximate surface area is 146 Å². The minimum Gasteiger partial charge on any atom is -0.393 e. The van der Waals surface area contributed by atoms with Crippen molar-refractivity contribution in [1.82, 2.24) is 15.4 Å². The summed E-state index contributed by atoms with van der Waals surface area (Å²) in [6, 6.07) is 6.56. The van der Waals surface area contributed by atoms with Gasteiger partial charge in [0.2, 0.25) is 0 Å². The lowest BCUT2D eigenvalue weighted by molar-refractivity contribution is 0.0962. The Morgan fingerprint density at radius 2 is 2.00 bits per heavy atom. The highest BCUT2D eigenvalue weighted by Gasteiger charge is 2.13. The van der Waals surface area contributed by atoms with Crippen LogP contribution in [0, 0.1) is 0 Å². The molecule has 0 aliphatic heterocycles. The number of hydrogen-bond acceptors (Lipinski definition) is 6. The van der Waals surface area contributed by atoms with E-state index >= 15 is 0 Å². The number of hydrazine groups is 1. The first kappa shape index (κ1) is 17.8. The predicted molar refractivity (Wildman–Crippen MR) is 97.2 cm³/mol. The number of nitrogens with two attached hydrogens (primary N) is 1. The second-order valence-electron chi connectivity index (χ2n) is 5.32. The number of aromatic nitrogens is 2. The predicted octanol–water partition coefficient (Wildman–Crippen LogP) is 2.71. The van der Waals surface area contributed by atoms with Gasteiger partial charge in [-0.2, -0.15) is 0 Å². The number of rotatable bonds is 7. The number of unbranched alkanes of at least 4 members (excludes halogenated alkanes) is 1. The standard InChI is InChI=1S/C16H21ClN6O/c1-3-4-9-23(2)15-13(18)14(19-10-20-15)21-22-16(24)11-5-7-12(17)8-6-11/h5-8,10H,3-4,9,18H2,1-2H3,(H,22,24)(H,19,20,21). The maximum Gasteiger partial charge on any atom is 0.269 e. The first-order valence-corrected chi connectivity index (χ1v) is 8.04. The molecule has 0 fully saturated rings. The Morgan fingerprint density at radius 3 is 2.67 bits per heavy atom. The molecule has 0 spiro atoms. The molecule has 7 nitrogen and oxygen atoms in total. The summed E-state index contributed by atoms with van der Waals surface area (Å²) in [5, 5.41) is 0.569. The van der Waals surface area contributed by atoms with Crippen molar-refractivity contribution in [3.63, 3.8) is 0 Å². The summed E-state index contributed by atoms with van der Waals surface area (Å²) >= 11 is 5.81. The van der Waals surface area contributed by atoms with Crippen LogP contribution in [0.5, 0.6) is 0 Å². The smallest absolute Gasteiger partial charge is 0.269 e. The molecule has 1 aromatic carbocycles. The van der Waals surface area contributed by atoms with Gasteiger partial charge in [0.1, 0.15) is 12.0 Å². The van der Waals surface area contributed by atoms with E-state index in [-0.39, 0.29) is 5.91 Å². The van der Waals surface area contributed by atoms with E-state index in [4.69, 9.17) is 17.3 Å². The number of benzene rings is 1. The van der Waals surface area contributed by atoms with E-state index in [2.05, 4.69) is 27.7 Å². The van der Waals surface area contributed by atoms with E-state index in [1.165, 1.54) is 6.33 Å². The maximum atomic E-state index is 12.1. The van der Waals surface area contributed by atoms with Gasteiger partial charge in [0.05, 0.1) is 0 Å². The number of nitrogens with one attached hydrogen (secondary N) is 2. The molecular formula is C16H21ClN6O. The van der Waals surface area contributed by atoms with Crippen LogP contribution < -0.4 is 21.5 Å². The second kappa shape index (κ2) is 8.35. The van der Waals surface area contributed by atoms with Crippen molar-refractivity contribution < 1.29 is 4.79 Å². The molecule has 1 aromatic heterocycles. The molecule has 8 heteroatoms. The van der Waals surface area contributed by atoms with Crippen LogP contribution in [-0.2, 0) is 0 Å². The van der Waals surface area contributed by atoms with Crippen molar-refractivity contribution in [2.75, 3.05) is 29.7 Å². The molecule has 0 aliphatic carbocycles. The number of nitrogens with zero attached hydrogens (tertiary/aromatic N) is 3. The van der Waals surface area contributed by atoms with Crippen LogP contribution in [0.3, 0.4) is 0 Å². The number of hydrogen-bond donors (Lipinski definition) is 3. The van der Waals surface area contributed by atoms with Crippen molar-refractivity contribution in [1.29, 1.82) is 0 Å². The molecule has 0 aliphatic rings. The summed E-state index contributed by atoms with van der Waals surface area (Å²) in [7, 11) is 1.92. The number of carbonyl (C=O) groups excluding carboxylic acids is 1. The average Bonchev–Trinajstić information content (AvgIpc) is 2.59. The molecule has 128 valence electrons. The lowest BCUT2D eigenvalue weighted by Gasteiger charge is -2.20. The van der Waals surface area contributed by atoms with Crippen molar-refractivity contribution in [3.8, 4) is 0 Å². The molecule has 2 aromatic rings. The van der Waals surface area contributed by atoms with Crippen molar-refractivity contribution in [3.05, 3.63) is 41.2 Å². The zero-order chi connectivity index (χ0) is 17.5. The summed E-state index contributed by atoms with van der Waals surface area (Å²) in [6.45, 7) is 2.96. The van der Waals surface area contributed by atoms with Gasteiger partial charge < -0.3 is 10.6 Å². The summed E-state index contributed by atoms with van der Waals surface area (Å²) in [6.07, 6.45) is 3.53. The summed E-state index contributed by atoms with van der Waals surface area (Å²) in [5.41, 5.74) is 12.3. The van der Waals surface area contributed by atoms with Gasteiger partial charge in [-0.15, -0.1) is 0 Å². The van der Waals surface area contributed by atoms with E-state index in [0.717, 1.165) is 19.4 Å². The number of carbonyl (C=O) groups is 1. The summed E-state index contributed by atoms with van der Waals surface area (Å²) < 4.78 is 0. The third-order valence-corrected chi connectivity index (χ3v) is 3.72. The number of amides is 1. The number of nitrogen functional groups attached to an aromatic ring is 1. The van der Waals surface area contributed by atoms with Crippen LogP contribution in [0.15, 0.2) is 30.6 Å². The van der Waals surface area contributed by atoms with E-state index in [9.17, 15) is 4.79 Å². The normalized spacial score (nSPS) is 10.3. The molecule has 1 amide bonds. The minimum absolute atomic E-state index is 0.314. The number of halogens is 1. The quantitative estimate of drug-likeness (QED) is 0.666. The van der Waals surface area contributed by atoms with Gasteiger partial charge in [0.15, 0.2) is 11.6 Å². The molecule has 4 N–H and O–H groups in total. The first-order valence-electron chi connectivity index (χ1n) is 7.66. The Kier molecular flexibility index (Phi) is 6.20. The Morgan fingerprint density at radius 1 is 1.29 bits per heavy atom. The Hall–Kier alpha value is -2.54. The van der Waals surface area contributed by atoms with Gasteiger partial charge in [0, 0.05) is 24.2 Å². The fraction of sp³-hybridized carbons (Fsp3) is 0.312. The topological polar surface area (TPSA) is 96.2 Å². The molecule has 0 unspecified atom stereocenters. The van der Waals surface area contributed by atoms with Crippen molar-refractivity contribution in [2.24, 2.45) is 0 Å². The lowest BCUT2D eigenvalue weighted by atomic mass is 10.2. The molecule has 0 radical (unpaired) electrons. The molecule has 0 saturated carbocycles. The van der Waals surface area contributed by atoms with E-state index in [1.54, 1.807) is 24.3 Å². The van der Waals surface area contributed by atoms with E-state index in [1.807, 2.05) is 11.9 Å². The summed E-state index contributed by atoms with van der Waals surface area (Å²) in [4.78, 5) is 22.3. The van der Waals surface area contributed by atoms with E-state index in [0.29, 0.717) is 27.9 Å². The highest BCUT2D eigenvalue weighted by Crippen LogP contribution is 2.24. The van der Waals surface area contributed by atoms with Gasteiger partial charge in [-0.05, 0) is 30.7 Å². The molecule has 0 bridgehead atoms. The zero-order valence-electron chi connectivity index (χ0n) is 13.7. The maximum absolute atomic E-state index is 12.1. The van der Waals surface area contributed by atoms with Crippen LogP contribution in [0.1, 0.15) is 30.1 Å². The average molecular weight is 349 g/mol. The van der Waals surface area contributed by atoms with Gasteiger partial charge in [-0.3, -0.25) is 15.6 Å². The molecule has 2 rings (SSSR count). The van der Waals surface area contributed by atoms with Crippen LogP contribution in [0.2, 0.25) is 5.02 Å². The zero-order valence-corrected chi connectivity index (χ0v) is 14.5. The Balaban J connectivity index is 2.04. The SMILES string of the molecule is CCCCN(C)c1ncnc(NNC(=O)c2ccc(Cl)cc2)c1N. The van der Waals surface area contributed by atoms with Crippen LogP contribution in [-0.4, -0.2) is 29.5 Å². The molecular weight excluding hydrogens is 328 g/mol. The number of anilines is 3. The molecule has 24 heavy (non-hydrogen) atoms. The highest BCUT2D eigenvalue weighted by atomic mass is 35.5. The molecule has 0 atom stereocenters. The van der Waals surface area contributed by atoms with Crippen molar-refractivity contribution in [2.45, 2.75) is 19.8 Å². The molecule has 1 heterocycles. The van der Waals surface area contributed by atoms with Gasteiger partial charge in [-0.1, -0.05) is 24.9 Å². The largest absolute Gasteiger partial charge is 0.393 e. The van der Waals surface area contributed by atoms with Crippen molar-refractivity contribution >= 4 is 34.8 Å². The summed E-state index contributed by atoms with van der Waals surface area (Å²) in [5.74, 6) is 0.665. The van der Waals surface area contributed by atoms with E-state index < -0.39 is 0 Å². The minimum atomic E-state index is -0.314. The monoisotopic (exact) mass is 348 g/mol. The van der Waals surface area contributed by atoms with Gasteiger partial charge in [-0.25, -0.2) is 9.97 Å². The third-order valence-electron chi connectivity index (χ3n) is 3.47. The fourth-order valence-corrected chi connectivity index (χ4v) is 2.21. The first-order chi connectivity index (χ1) is 11.5. The van der Waals surface area contributed by atoms with Crippen LogP contribution in [0.25, 0.3) is 0 Å². The fourth-order valence-electron chi connectivity index (χ4n) is 2.08. The molecule has 0 saturated heterocycles.